The van der Waals surface area contributed by atoms with Gasteiger partial charge in [0.2, 0.25) is 0 Å². The number of rotatable bonds is 5. The third kappa shape index (κ3) is 4.46. The molecule has 0 unspecified atom stereocenters. The summed E-state index contributed by atoms with van der Waals surface area (Å²) in [5.41, 5.74) is 10.8. The zero-order chi connectivity index (χ0) is 31.0. The van der Waals surface area contributed by atoms with Crippen molar-refractivity contribution in [2.45, 2.75) is 43.9 Å². The first-order valence-electron chi connectivity index (χ1n) is 17.1. The van der Waals surface area contributed by atoms with E-state index in [1.165, 1.54) is 50.5 Å². The Hall–Kier alpha value is -5.09. The van der Waals surface area contributed by atoms with Gasteiger partial charge in [-0.1, -0.05) is 103 Å². The van der Waals surface area contributed by atoms with Crippen molar-refractivity contribution in [3.8, 4) is 45.0 Å². The van der Waals surface area contributed by atoms with Gasteiger partial charge >= 0.3 is 0 Å². The molecule has 0 N–H and O–H groups in total. The fourth-order valence-electron chi connectivity index (χ4n) is 9.77. The van der Waals surface area contributed by atoms with Gasteiger partial charge in [-0.05, 0) is 95.7 Å². The number of hydrogen-bond donors (Lipinski definition) is 0. The van der Waals surface area contributed by atoms with Gasteiger partial charge in [-0.15, -0.1) is 0 Å². The number of hydrogen-bond acceptors (Lipinski definition) is 4. The quantitative estimate of drug-likeness (QED) is 0.195. The molecule has 4 fully saturated rings. The smallest absolute Gasteiger partial charge is 0.182 e. The summed E-state index contributed by atoms with van der Waals surface area (Å²) in [4.78, 5) is 15.0. The third-order valence-electron chi connectivity index (χ3n) is 11.4. The minimum Gasteiger partial charge on any atom is -0.443 e. The van der Waals surface area contributed by atoms with Crippen LogP contribution in [0.5, 0.6) is 0 Å². The van der Waals surface area contributed by atoms with Crippen LogP contribution in [0.2, 0.25) is 0 Å². The molecule has 0 aliphatic heterocycles. The van der Waals surface area contributed by atoms with Crippen LogP contribution in [0.1, 0.15) is 44.1 Å². The standard InChI is InChI=1S/C43H35N3O/c1-2-7-30(8-3-1)38-22-39(36-18-17-35(33-9-4-5-10-34(33)36)37-11-6-12-40-41(37)44-26-47-40)46-42(45-38)31-13-15-32(16-14-31)43-23-27-19-28(24-43)21-29(20-27)25-43/h1-18,22,26-29H,19-21,23-25H2. The molecular formula is C43H35N3O. The minimum atomic E-state index is 0.377. The van der Waals surface area contributed by atoms with Crippen molar-refractivity contribution in [1.29, 1.82) is 0 Å². The van der Waals surface area contributed by atoms with Gasteiger partial charge in [0, 0.05) is 22.3 Å². The lowest BCUT2D eigenvalue weighted by molar-refractivity contribution is -0.00518. The average Bonchev–Trinajstić information content (AvgIpc) is 3.61. The molecule has 5 aromatic carbocycles. The summed E-state index contributed by atoms with van der Waals surface area (Å²) in [5, 5.41) is 2.30. The van der Waals surface area contributed by atoms with Gasteiger partial charge in [-0.2, -0.15) is 0 Å². The Morgan fingerprint density at radius 1 is 0.553 bits per heavy atom. The van der Waals surface area contributed by atoms with Gasteiger partial charge in [0.25, 0.3) is 0 Å². The van der Waals surface area contributed by atoms with Crippen LogP contribution < -0.4 is 0 Å². The Morgan fingerprint density at radius 2 is 1.21 bits per heavy atom. The van der Waals surface area contributed by atoms with Crippen molar-refractivity contribution >= 4 is 21.9 Å². The fraction of sp³-hybridized carbons (Fsp3) is 0.233. The lowest BCUT2D eigenvalue weighted by Crippen LogP contribution is -2.48. The van der Waals surface area contributed by atoms with Gasteiger partial charge in [0.15, 0.2) is 17.8 Å². The number of para-hydroxylation sites is 1. The molecule has 4 aliphatic rings. The first-order valence-corrected chi connectivity index (χ1v) is 17.1. The average molecular weight is 610 g/mol. The molecule has 0 saturated heterocycles. The predicted molar refractivity (Wildman–Crippen MR) is 189 cm³/mol. The predicted octanol–water partition coefficient (Wildman–Crippen LogP) is 10.9. The number of nitrogens with zero attached hydrogens (tertiary/aromatic N) is 3. The first kappa shape index (κ1) is 27.1. The highest BCUT2D eigenvalue weighted by Crippen LogP contribution is 2.60. The molecule has 4 bridgehead atoms. The molecule has 47 heavy (non-hydrogen) atoms. The van der Waals surface area contributed by atoms with Crippen molar-refractivity contribution in [3.63, 3.8) is 0 Å². The molecule has 4 heteroatoms. The number of oxazole rings is 1. The summed E-state index contributed by atoms with van der Waals surface area (Å²) in [7, 11) is 0. The highest BCUT2D eigenvalue weighted by molar-refractivity contribution is 6.08. The van der Waals surface area contributed by atoms with E-state index in [1.807, 2.05) is 12.1 Å². The van der Waals surface area contributed by atoms with E-state index in [9.17, 15) is 0 Å². The Bertz CT molecular complexity index is 2250. The summed E-state index contributed by atoms with van der Waals surface area (Å²) in [6.07, 6.45) is 10.0. The van der Waals surface area contributed by atoms with Gasteiger partial charge in [0.1, 0.15) is 5.52 Å². The zero-order valence-corrected chi connectivity index (χ0v) is 26.3. The van der Waals surface area contributed by atoms with Crippen molar-refractivity contribution < 1.29 is 4.42 Å². The molecule has 228 valence electrons. The third-order valence-corrected chi connectivity index (χ3v) is 11.4. The van der Waals surface area contributed by atoms with Crippen LogP contribution in [-0.4, -0.2) is 15.0 Å². The Balaban J connectivity index is 1.10. The second-order valence-corrected chi connectivity index (χ2v) is 14.3. The van der Waals surface area contributed by atoms with E-state index >= 15 is 0 Å². The molecule has 4 aliphatic carbocycles. The van der Waals surface area contributed by atoms with Crippen LogP contribution in [0.4, 0.5) is 0 Å². The molecule has 0 atom stereocenters. The summed E-state index contributed by atoms with van der Waals surface area (Å²) < 4.78 is 5.64. The summed E-state index contributed by atoms with van der Waals surface area (Å²) in [6.45, 7) is 0. The van der Waals surface area contributed by atoms with Crippen LogP contribution in [0, 0.1) is 17.8 Å². The lowest BCUT2D eigenvalue weighted by atomic mass is 9.48. The van der Waals surface area contributed by atoms with Gasteiger partial charge in [-0.3, -0.25) is 0 Å². The van der Waals surface area contributed by atoms with E-state index in [0.29, 0.717) is 5.41 Å². The first-order chi connectivity index (χ1) is 23.2. The number of aromatic nitrogens is 3. The Kier molecular flexibility index (Phi) is 6.03. The molecule has 2 heterocycles. The largest absolute Gasteiger partial charge is 0.443 e. The maximum absolute atomic E-state index is 5.64. The van der Waals surface area contributed by atoms with Crippen molar-refractivity contribution in [2.75, 3.05) is 0 Å². The molecule has 0 radical (unpaired) electrons. The van der Waals surface area contributed by atoms with Crippen LogP contribution in [0.3, 0.4) is 0 Å². The molecular weight excluding hydrogens is 574 g/mol. The summed E-state index contributed by atoms with van der Waals surface area (Å²) in [6, 6.07) is 41.1. The van der Waals surface area contributed by atoms with E-state index < -0.39 is 0 Å². The summed E-state index contributed by atoms with van der Waals surface area (Å²) in [5.74, 6) is 3.55. The van der Waals surface area contributed by atoms with Crippen LogP contribution in [-0.2, 0) is 5.41 Å². The number of benzene rings is 5. The lowest BCUT2D eigenvalue weighted by Gasteiger charge is -2.57. The van der Waals surface area contributed by atoms with Crippen molar-refractivity contribution in [3.05, 3.63) is 127 Å². The second kappa shape index (κ2) is 10.5. The Labute approximate surface area is 274 Å². The molecule has 2 aromatic heterocycles. The highest BCUT2D eigenvalue weighted by Gasteiger charge is 2.51. The van der Waals surface area contributed by atoms with Crippen LogP contribution >= 0.6 is 0 Å². The molecule has 4 nitrogen and oxygen atoms in total. The SMILES string of the molecule is c1ccc(-c2cc(-c3ccc(-c4cccc5ocnc45)c4ccccc34)nc(-c3ccc(C45CC6CC(CC(C6)C4)C5)cc3)n2)cc1. The van der Waals surface area contributed by atoms with Gasteiger partial charge in [-0.25, -0.2) is 15.0 Å². The fourth-order valence-corrected chi connectivity index (χ4v) is 9.77. The Morgan fingerprint density at radius 3 is 1.96 bits per heavy atom. The molecule has 11 rings (SSSR count). The second-order valence-electron chi connectivity index (χ2n) is 14.3. The molecule has 0 spiro atoms. The summed E-state index contributed by atoms with van der Waals surface area (Å²) >= 11 is 0. The number of fused-ring (bicyclic) bond motifs is 2. The molecule has 7 aromatic rings. The van der Waals surface area contributed by atoms with Crippen LogP contribution in [0.25, 0.3) is 66.9 Å². The van der Waals surface area contributed by atoms with Crippen molar-refractivity contribution in [1.82, 2.24) is 15.0 Å². The molecule has 4 saturated carbocycles. The zero-order valence-electron chi connectivity index (χ0n) is 26.3. The normalized spacial score (nSPS) is 23.1. The van der Waals surface area contributed by atoms with Crippen molar-refractivity contribution in [2.24, 2.45) is 17.8 Å². The van der Waals surface area contributed by atoms with Gasteiger partial charge in [0.05, 0.1) is 11.4 Å². The van der Waals surface area contributed by atoms with E-state index in [4.69, 9.17) is 14.4 Å². The monoisotopic (exact) mass is 609 g/mol. The van der Waals surface area contributed by atoms with E-state index in [1.54, 1.807) is 0 Å². The van der Waals surface area contributed by atoms with E-state index in [-0.39, 0.29) is 0 Å². The maximum atomic E-state index is 5.64. The van der Waals surface area contributed by atoms with Gasteiger partial charge < -0.3 is 4.42 Å². The van der Waals surface area contributed by atoms with E-state index in [0.717, 1.165) is 84.7 Å². The minimum absolute atomic E-state index is 0.377. The highest BCUT2D eigenvalue weighted by atomic mass is 16.3. The van der Waals surface area contributed by atoms with E-state index in [2.05, 4.69) is 108 Å². The topological polar surface area (TPSA) is 51.8 Å². The van der Waals surface area contributed by atoms with Crippen LogP contribution in [0.15, 0.2) is 126 Å². The maximum Gasteiger partial charge on any atom is 0.182 e. The molecule has 0 amide bonds.